The molecular formula is C30H32N4OS. The summed E-state index contributed by atoms with van der Waals surface area (Å²) in [4.78, 5) is 18.0. The van der Waals surface area contributed by atoms with Crippen LogP contribution in [0.4, 0.5) is 22.7 Å². The summed E-state index contributed by atoms with van der Waals surface area (Å²) in [5, 5.41) is 7.62. The van der Waals surface area contributed by atoms with Crippen LogP contribution in [0.1, 0.15) is 38.3 Å². The predicted molar refractivity (Wildman–Crippen MR) is 154 cm³/mol. The number of anilines is 4. The molecule has 1 aliphatic carbocycles. The molecular weight excluding hydrogens is 464 g/mol. The molecule has 0 radical (unpaired) electrons. The second kappa shape index (κ2) is 9.43. The van der Waals surface area contributed by atoms with Gasteiger partial charge in [-0.15, -0.1) is 0 Å². The van der Waals surface area contributed by atoms with E-state index in [1.165, 1.54) is 0 Å². The van der Waals surface area contributed by atoms with Gasteiger partial charge in [0.1, 0.15) is 0 Å². The number of allylic oxidation sites excluding steroid dienone is 1. The molecule has 0 fully saturated rings. The van der Waals surface area contributed by atoms with Crippen molar-refractivity contribution in [3.63, 3.8) is 0 Å². The maximum absolute atomic E-state index is 13.8. The Balaban J connectivity index is 1.71. The maximum Gasteiger partial charge on any atom is 0.178 e. The Hall–Kier alpha value is -3.64. The zero-order valence-electron chi connectivity index (χ0n) is 21.2. The molecule has 0 spiro atoms. The van der Waals surface area contributed by atoms with Gasteiger partial charge in [0.2, 0.25) is 0 Å². The number of carbonyl (C=O) groups excluding carboxylic acids is 1. The molecule has 1 heterocycles. The average Bonchev–Trinajstić information content (AvgIpc) is 2.98. The van der Waals surface area contributed by atoms with Crippen LogP contribution in [0.15, 0.2) is 90.1 Å². The van der Waals surface area contributed by atoms with Gasteiger partial charge in [0, 0.05) is 43.2 Å². The van der Waals surface area contributed by atoms with Crippen molar-refractivity contribution in [3.05, 3.63) is 95.7 Å². The first-order valence-corrected chi connectivity index (χ1v) is 12.7. The number of carbonyl (C=O) groups is 1. The summed E-state index contributed by atoms with van der Waals surface area (Å²) in [5.74, 6) is 0.163. The molecule has 36 heavy (non-hydrogen) atoms. The third-order valence-electron chi connectivity index (χ3n) is 6.87. The molecule has 0 bridgehead atoms. The molecule has 5 nitrogen and oxygen atoms in total. The maximum atomic E-state index is 13.8. The minimum atomic E-state index is -0.361. The molecule has 0 saturated heterocycles. The van der Waals surface area contributed by atoms with Crippen molar-refractivity contribution in [2.24, 2.45) is 5.41 Å². The fourth-order valence-corrected chi connectivity index (χ4v) is 5.51. The Bertz CT molecular complexity index is 1330. The number of fused-ring (bicyclic) bond motifs is 1. The number of Topliss-reactive ketones (excluding diaryl/α,β-unsaturated/α-hetero) is 1. The van der Waals surface area contributed by atoms with Crippen LogP contribution in [0.5, 0.6) is 0 Å². The minimum Gasteiger partial charge on any atom is -0.378 e. The number of hydrogen-bond donors (Lipinski definition) is 2. The minimum absolute atomic E-state index is 0.116. The first kappa shape index (κ1) is 24.1. The molecule has 2 aliphatic rings. The lowest BCUT2D eigenvalue weighted by molar-refractivity contribution is -0.118. The van der Waals surface area contributed by atoms with Crippen molar-refractivity contribution in [3.8, 4) is 0 Å². The van der Waals surface area contributed by atoms with Crippen molar-refractivity contribution in [1.29, 1.82) is 0 Å². The fourth-order valence-electron chi connectivity index (χ4n) is 5.19. The van der Waals surface area contributed by atoms with Crippen LogP contribution in [0.3, 0.4) is 0 Å². The largest absolute Gasteiger partial charge is 0.378 e. The highest BCUT2D eigenvalue weighted by Gasteiger charge is 2.42. The summed E-state index contributed by atoms with van der Waals surface area (Å²) in [5.41, 5.74) is 6.58. The molecule has 0 saturated carbocycles. The highest BCUT2D eigenvalue weighted by atomic mass is 32.1. The molecule has 3 aromatic rings. The Morgan fingerprint density at radius 3 is 2.33 bits per heavy atom. The average molecular weight is 497 g/mol. The number of benzene rings is 3. The van der Waals surface area contributed by atoms with Crippen LogP contribution >= 0.6 is 12.2 Å². The molecule has 184 valence electrons. The third-order valence-corrected chi connectivity index (χ3v) is 7.17. The first-order valence-electron chi connectivity index (χ1n) is 12.3. The van der Waals surface area contributed by atoms with E-state index in [0.29, 0.717) is 11.5 Å². The predicted octanol–water partition coefficient (Wildman–Crippen LogP) is 6.77. The van der Waals surface area contributed by atoms with E-state index in [0.717, 1.165) is 46.0 Å². The van der Waals surface area contributed by atoms with Gasteiger partial charge in [-0.05, 0) is 66.0 Å². The van der Waals surface area contributed by atoms with Crippen LogP contribution in [0.25, 0.3) is 0 Å². The second-order valence-electron chi connectivity index (χ2n) is 10.5. The Morgan fingerprint density at radius 1 is 0.972 bits per heavy atom. The van der Waals surface area contributed by atoms with Gasteiger partial charge < -0.3 is 20.4 Å². The number of para-hydroxylation sites is 3. The third kappa shape index (κ3) is 4.61. The SMILES string of the molecule is CN(C)c1ccc([C@H]2C3=C(CC(C)(C)CC3=O)Nc3ccccc3N2C(=S)Nc2ccccc2)cc1. The lowest BCUT2D eigenvalue weighted by Crippen LogP contribution is -2.41. The van der Waals surface area contributed by atoms with Crippen molar-refractivity contribution >= 4 is 45.9 Å². The summed E-state index contributed by atoms with van der Waals surface area (Å²) in [7, 11) is 4.05. The van der Waals surface area contributed by atoms with Gasteiger partial charge in [-0.2, -0.15) is 0 Å². The molecule has 3 aromatic carbocycles. The molecule has 0 amide bonds. The lowest BCUT2D eigenvalue weighted by atomic mass is 9.73. The molecule has 0 aromatic heterocycles. The fraction of sp³-hybridized carbons (Fsp3) is 0.267. The standard InChI is InChI=1S/C30H32N4OS/c1-30(2)18-24-27(26(35)19-30)28(20-14-16-22(17-15-20)33(3)4)34(25-13-9-8-12-23(25)32-24)29(36)31-21-10-6-5-7-11-21/h5-17,28,32H,18-19H2,1-4H3,(H,31,36)/t28-/m0/s1. The van der Waals surface area contributed by atoms with Crippen molar-refractivity contribution in [1.82, 2.24) is 0 Å². The molecule has 2 N–H and O–H groups in total. The van der Waals surface area contributed by atoms with E-state index in [9.17, 15) is 4.79 Å². The number of thiocarbonyl (C=S) groups is 1. The first-order chi connectivity index (χ1) is 17.2. The summed E-state index contributed by atoms with van der Waals surface area (Å²) >= 11 is 6.06. The highest BCUT2D eigenvalue weighted by molar-refractivity contribution is 7.80. The molecule has 1 aliphatic heterocycles. The van der Waals surface area contributed by atoms with E-state index >= 15 is 0 Å². The van der Waals surface area contributed by atoms with Crippen molar-refractivity contribution < 1.29 is 4.79 Å². The normalized spacial score (nSPS) is 18.5. The van der Waals surface area contributed by atoms with Gasteiger partial charge in [0.05, 0.1) is 17.4 Å². The van der Waals surface area contributed by atoms with Gasteiger partial charge in [-0.3, -0.25) is 4.79 Å². The van der Waals surface area contributed by atoms with E-state index in [1.807, 2.05) is 56.6 Å². The zero-order valence-corrected chi connectivity index (χ0v) is 22.0. The Kier molecular flexibility index (Phi) is 6.31. The van der Waals surface area contributed by atoms with Crippen molar-refractivity contribution in [2.45, 2.75) is 32.7 Å². The van der Waals surface area contributed by atoms with Gasteiger partial charge in [0.25, 0.3) is 0 Å². The lowest BCUT2D eigenvalue weighted by Gasteiger charge is -2.38. The molecule has 6 heteroatoms. The highest BCUT2D eigenvalue weighted by Crippen LogP contribution is 2.48. The van der Waals surface area contributed by atoms with Crippen molar-refractivity contribution in [2.75, 3.05) is 34.5 Å². The second-order valence-corrected chi connectivity index (χ2v) is 10.9. The summed E-state index contributed by atoms with van der Waals surface area (Å²) in [6.07, 6.45) is 1.30. The van der Waals surface area contributed by atoms with E-state index in [2.05, 4.69) is 70.7 Å². The summed E-state index contributed by atoms with van der Waals surface area (Å²) in [6, 6.07) is 26.1. The molecule has 1 atom stereocenters. The van der Waals surface area contributed by atoms with E-state index in [-0.39, 0.29) is 17.2 Å². The van der Waals surface area contributed by atoms with Crippen LogP contribution in [0.2, 0.25) is 0 Å². The Labute approximate surface area is 218 Å². The zero-order chi connectivity index (χ0) is 25.4. The van der Waals surface area contributed by atoms with Crippen LogP contribution < -0.4 is 20.4 Å². The topological polar surface area (TPSA) is 47.6 Å². The van der Waals surface area contributed by atoms with Crippen LogP contribution in [0, 0.1) is 5.41 Å². The van der Waals surface area contributed by atoms with Gasteiger partial charge in [-0.1, -0.05) is 56.3 Å². The summed E-state index contributed by atoms with van der Waals surface area (Å²) < 4.78 is 0. The number of hydrogen-bond acceptors (Lipinski definition) is 4. The van der Waals surface area contributed by atoms with Gasteiger partial charge in [-0.25, -0.2) is 0 Å². The molecule has 0 unspecified atom stereocenters. The van der Waals surface area contributed by atoms with E-state index in [4.69, 9.17) is 12.2 Å². The van der Waals surface area contributed by atoms with E-state index in [1.54, 1.807) is 0 Å². The monoisotopic (exact) mass is 496 g/mol. The smallest absolute Gasteiger partial charge is 0.178 e. The number of rotatable bonds is 3. The van der Waals surface area contributed by atoms with Gasteiger partial charge in [0.15, 0.2) is 10.9 Å². The summed E-state index contributed by atoms with van der Waals surface area (Å²) in [6.45, 7) is 4.32. The number of ketones is 1. The van der Waals surface area contributed by atoms with Gasteiger partial charge >= 0.3 is 0 Å². The number of nitrogens with zero attached hydrogens (tertiary/aromatic N) is 2. The van der Waals surface area contributed by atoms with Crippen LogP contribution in [-0.2, 0) is 4.79 Å². The number of nitrogens with one attached hydrogen (secondary N) is 2. The quantitative estimate of drug-likeness (QED) is 0.391. The molecule has 5 rings (SSSR count). The van der Waals surface area contributed by atoms with Crippen LogP contribution in [-0.4, -0.2) is 25.0 Å². The van der Waals surface area contributed by atoms with E-state index < -0.39 is 0 Å². The Morgan fingerprint density at radius 2 is 1.64 bits per heavy atom.